The zero-order chi connectivity index (χ0) is 9.02. The van der Waals surface area contributed by atoms with Gasteiger partial charge in [0.05, 0.1) is 5.70 Å². The number of rotatable bonds is 2. The Morgan fingerprint density at radius 1 is 1.45 bits per heavy atom. The lowest BCUT2D eigenvalue weighted by molar-refractivity contribution is 1.33. The Morgan fingerprint density at radius 3 is 2.18 bits per heavy atom. The van der Waals surface area contributed by atoms with Crippen LogP contribution in [0.2, 0.25) is 0 Å². The van der Waals surface area contributed by atoms with E-state index in [1.165, 1.54) is 0 Å². The summed E-state index contributed by atoms with van der Waals surface area (Å²) in [6.45, 7) is 5.24. The zero-order valence-electron chi connectivity index (χ0n) is 6.49. The molecule has 0 radical (unpaired) electrons. The van der Waals surface area contributed by atoms with E-state index in [4.69, 9.17) is 28.9 Å². The van der Waals surface area contributed by atoms with Crippen molar-refractivity contribution in [3.05, 3.63) is 22.9 Å². The monoisotopic (exact) mass is 192 g/mol. The van der Waals surface area contributed by atoms with Crippen LogP contribution in [-0.4, -0.2) is 12.2 Å². The summed E-state index contributed by atoms with van der Waals surface area (Å²) in [4.78, 5) is 3.69. The van der Waals surface area contributed by atoms with E-state index in [1.807, 2.05) is 0 Å². The minimum Gasteiger partial charge on any atom is -0.396 e. The highest BCUT2D eigenvalue weighted by molar-refractivity contribution is 6.69. The topological polar surface area (TPSA) is 38.4 Å². The molecule has 0 saturated carbocycles. The molecule has 0 amide bonds. The molecule has 0 fully saturated rings. The first-order chi connectivity index (χ1) is 5.00. The number of allylic oxidation sites excluding steroid dienone is 3. The molecule has 0 aromatic heterocycles. The van der Waals surface area contributed by atoms with E-state index in [-0.39, 0.29) is 5.17 Å². The average molecular weight is 193 g/mol. The summed E-state index contributed by atoms with van der Waals surface area (Å²) >= 11 is 11.2. The Balaban J connectivity index is 4.81. The highest BCUT2D eigenvalue weighted by atomic mass is 35.5. The predicted octanol–water partition coefficient (Wildman–Crippen LogP) is 2.24. The molecule has 0 rings (SSSR count). The minimum absolute atomic E-state index is 0.254. The van der Waals surface area contributed by atoms with Gasteiger partial charge in [-0.1, -0.05) is 29.8 Å². The van der Waals surface area contributed by atoms with Crippen LogP contribution in [0.15, 0.2) is 27.9 Å². The van der Waals surface area contributed by atoms with Gasteiger partial charge in [0, 0.05) is 12.1 Å². The van der Waals surface area contributed by atoms with Crippen molar-refractivity contribution >= 4 is 28.4 Å². The maximum Gasteiger partial charge on any atom is 0.146 e. The zero-order valence-corrected chi connectivity index (χ0v) is 8.00. The SMILES string of the molecule is C=C(Cl)/C(C)=C(/N)C(Cl)=NC. The second-order valence-corrected chi connectivity index (χ2v) is 2.77. The van der Waals surface area contributed by atoms with Crippen molar-refractivity contribution in [2.75, 3.05) is 7.05 Å². The van der Waals surface area contributed by atoms with Gasteiger partial charge < -0.3 is 5.73 Å². The van der Waals surface area contributed by atoms with Crippen LogP contribution >= 0.6 is 23.2 Å². The maximum absolute atomic E-state index is 5.62. The van der Waals surface area contributed by atoms with Crippen LogP contribution in [0.5, 0.6) is 0 Å². The Bertz CT molecular complexity index is 229. The van der Waals surface area contributed by atoms with Crippen LogP contribution in [0.1, 0.15) is 6.92 Å². The van der Waals surface area contributed by atoms with Crippen molar-refractivity contribution < 1.29 is 0 Å². The van der Waals surface area contributed by atoms with Crippen molar-refractivity contribution in [1.29, 1.82) is 0 Å². The fourth-order valence-electron chi connectivity index (χ4n) is 0.421. The van der Waals surface area contributed by atoms with Crippen molar-refractivity contribution in [2.45, 2.75) is 6.92 Å². The molecule has 11 heavy (non-hydrogen) atoms. The van der Waals surface area contributed by atoms with Crippen LogP contribution in [0.4, 0.5) is 0 Å². The summed E-state index contributed by atoms with van der Waals surface area (Å²) in [5, 5.41) is 0.633. The first kappa shape index (κ1) is 10.5. The van der Waals surface area contributed by atoms with Crippen LogP contribution in [0.3, 0.4) is 0 Å². The Kier molecular flexibility index (Phi) is 4.23. The van der Waals surface area contributed by atoms with E-state index in [0.29, 0.717) is 16.3 Å². The molecule has 2 nitrogen and oxygen atoms in total. The molecule has 0 aliphatic carbocycles. The lowest BCUT2D eigenvalue weighted by atomic mass is 10.2. The summed E-state index contributed by atoms with van der Waals surface area (Å²) in [5.41, 5.74) is 6.57. The van der Waals surface area contributed by atoms with Gasteiger partial charge in [-0.3, -0.25) is 4.99 Å². The van der Waals surface area contributed by atoms with Gasteiger partial charge >= 0.3 is 0 Å². The van der Waals surface area contributed by atoms with Gasteiger partial charge in [-0.2, -0.15) is 0 Å². The van der Waals surface area contributed by atoms with Gasteiger partial charge in [-0.25, -0.2) is 0 Å². The van der Waals surface area contributed by atoms with Crippen molar-refractivity contribution in [3.8, 4) is 0 Å². The predicted molar refractivity (Wildman–Crippen MR) is 51.1 cm³/mol. The summed E-state index contributed by atoms with van der Waals surface area (Å²) in [5.74, 6) is 0. The number of nitrogens with two attached hydrogens (primary N) is 1. The number of hydrogen-bond donors (Lipinski definition) is 1. The van der Waals surface area contributed by atoms with E-state index in [2.05, 4.69) is 11.6 Å². The minimum atomic E-state index is 0.254. The Labute approximate surface area is 76.4 Å². The van der Waals surface area contributed by atoms with E-state index < -0.39 is 0 Å². The highest BCUT2D eigenvalue weighted by Gasteiger charge is 2.03. The molecule has 0 bridgehead atoms. The lowest BCUT2D eigenvalue weighted by Gasteiger charge is -2.02. The first-order valence-electron chi connectivity index (χ1n) is 2.94. The van der Waals surface area contributed by atoms with Crippen LogP contribution in [0, 0.1) is 0 Å². The third-order valence-corrected chi connectivity index (χ3v) is 1.89. The van der Waals surface area contributed by atoms with Gasteiger partial charge in [0.15, 0.2) is 0 Å². The van der Waals surface area contributed by atoms with Gasteiger partial charge in [0.2, 0.25) is 0 Å². The average Bonchev–Trinajstić information content (AvgIpc) is 2.00. The molecule has 0 atom stereocenters. The molecule has 0 spiro atoms. The maximum atomic E-state index is 5.62. The van der Waals surface area contributed by atoms with Gasteiger partial charge in [-0.15, -0.1) is 0 Å². The van der Waals surface area contributed by atoms with Crippen LogP contribution in [0.25, 0.3) is 0 Å². The number of aliphatic imine (C=N–C) groups is 1. The fourth-order valence-corrected chi connectivity index (χ4v) is 0.665. The Morgan fingerprint density at radius 2 is 1.91 bits per heavy atom. The highest BCUT2D eigenvalue weighted by Crippen LogP contribution is 2.14. The van der Waals surface area contributed by atoms with E-state index in [1.54, 1.807) is 14.0 Å². The Hall–Kier alpha value is -0.470. The summed E-state index contributed by atoms with van der Waals surface area (Å²) in [6, 6.07) is 0. The molecule has 0 heterocycles. The normalized spacial score (nSPS) is 14.4. The number of nitrogens with zero attached hydrogens (tertiary/aromatic N) is 1. The fraction of sp³-hybridized carbons (Fsp3) is 0.286. The second kappa shape index (κ2) is 4.42. The van der Waals surface area contributed by atoms with E-state index in [0.717, 1.165) is 0 Å². The molecule has 0 aromatic carbocycles. The molecule has 0 saturated heterocycles. The smallest absolute Gasteiger partial charge is 0.146 e. The van der Waals surface area contributed by atoms with Crippen LogP contribution in [-0.2, 0) is 0 Å². The quantitative estimate of drug-likeness (QED) is 0.530. The molecule has 0 aliphatic rings. The second-order valence-electron chi connectivity index (χ2n) is 1.96. The first-order valence-corrected chi connectivity index (χ1v) is 3.70. The molecule has 0 unspecified atom stereocenters. The van der Waals surface area contributed by atoms with E-state index >= 15 is 0 Å². The molecular formula is C7H10Cl2N2. The van der Waals surface area contributed by atoms with Crippen molar-refractivity contribution in [3.63, 3.8) is 0 Å². The molecule has 2 N–H and O–H groups in total. The molecule has 0 aromatic rings. The lowest BCUT2D eigenvalue weighted by Crippen LogP contribution is -2.08. The summed E-state index contributed by atoms with van der Waals surface area (Å²) < 4.78 is 0. The van der Waals surface area contributed by atoms with Crippen LogP contribution < -0.4 is 5.73 Å². The van der Waals surface area contributed by atoms with E-state index in [9.17, 15) is 0 Å². The number of hydrogen-bond acceptors (Lipinski definition) is 2. The van der Waals surface area contributed by atoms with Crippen molar-refractivity contribution in [1.82, 2.24) is 0 Å². The van der Waals surface area contributed by atoms with Gasteiger partial charge in [0.25, 0.3) is 0 Å². The van der Waals surface area contributed by atoms with Crippen molar-refractivity contribution in [2.24, 2.45) is 10.7 Å². The number of halogens is 2. The van der Waals surface area contributed by atoms with Gasteiger partial charge in [0.1, 0.15) is 5.17 Å². The molecular weight excluding hydrogens is 183 g/mol. The largest absolute Gasteiger partial charge is 0.396 e. The standard InChI is InChI=1S/C7H10Cl2N2/c1-4(5(2)8)6(10)7(9)11-3/h2,10H2,1,3H3/b6-4+,11-7?. The third-order valence-electron chi connectivity index (χ3n) is 1.23. The summed E-state index contributed by atoms with van der Waals surface area (Å²) in [6.07, 6.45) is 0. The molecule has 4 heteroatoms. The third kappa shape index (κ3) is 2.95. The summed E-state index contributed by atoms with van der Waals surface area (Å²) in [7, 11) is 1.56. The molecule has 0 aliphatic heterocycles. The van der Waals surface area contributed by atoms with Gasteiger partial charge in [-0.05, 0) is 12.5 Å². The molecule has 62 valence electrons.